The third kappa shape index (κ3) is 3.96. The van der Waals surface area contributed by atoms with Crippen molar-refractivity contribution in [1.29, 1.82) is 0 Å². The number of nitrogens with zero attached hydrogens (tertiary/aromatic N) is 1. The van der Waals surface area contributed by atoms with Crippen molar-refractivity contribution < 1.29 is 19.2 Å². The molecule has 6 heteroatoms. The Morgan fingerprint density at radius 1 is 1.20 bits per heavy atom. The minimum Gasteiger partial charge on any atom is -0.326 e. The Kier molecular flexibility index (Phi) is 4.95. The minimum absolute atomic E-state index is 0.0958. The van der Waals surface area contributed by atoms with E-state index in [1.807, 2.05) is 30.3 Å². The summed E-state index contributed by atoms with van der Waals surface area (Å²) in [6.07, 6.45) is 1.39. The molecule has 0 unspecified atom stereocenters. The normalized spacial score (nSPS) is 15.1. The number of hydrogen-bond donors (Lipinski definition) is 0. The summed E-state index contributed by atoms with van der Waals surface area (Å²) >= 11 is 1.42. The van der Waals surface area contributed by atoms with E-state index < -0.39 is 17.8 Å². The van der Waals surface area contributed by atoms with Crippen LogP contribution in [0.15, 0.2) is 41.8 Å². The molecule has 5 nitrogen and oxygen atoms in total. The van der Waals surface area contributed by atoms with Crippen LogP contribution >= 0.6 is 11.8 Å². The third-order valence-electron chi connectivity index (χ3n) is 2.58. The maximum Gasteiger partial charge on any atom is 0.357 e. The molecule has 1 aliphatic rings. The third-order valence-corrected chi connectivity index (χ3v) is 3.41. The number of amides is 2. The van der Waals surface area contributed by atoms with Gasteiger partial charge in [0.2, 0.25) is 0 Å². The number of imide groups is 1. The number of rotatable bonds is 5. The molecule has 1 aliphatic heterocycles. The molecule has 0 aliphatic carbocycles. The molecule has 1 aromatic carbocycles. The average Bonchev–Trinajstić information content (AvgIpc) is 2.77. The maximum atomic E-state index is 11.4. The summed E-state index contributed by atoms with van der Waals surface area (Å²) in [6.45, 7) is 0. The fourth-order valence-corrected chi connectivity index (χ4v) is 2.29. The van der Waals surface area contributed by atoms with Gasteiger partial charge in [-0.05, 0) is 11.0 Å². The highest BCUT2D eigenvalue weighted by atomic mass is 32.2. The quantitative estimate of drug-likeness (QED) is 0.613. The highest BCUT2D eigenvalue weighted by Gasteiger charge is 2.32. The molecular formula is C14H13NO4S. The van der Waals surface area contributed by atoms with Gasteiger partial charge in [-0.15, -0.1) is 16.8 Å². The standard InChI is InChI=1S/C14H13NO4S/c16-12-6-7-13(17)15(12)19-14(18)8-9-20-10-11-4-2-1-3-5-11/h1-5,8-9H,6-7,10H2/b9-8-. The Bertz CT molecular complexity index is 525. The van der Waals surface area contributed by atoms with Crippen LogP contribution in [-0.2, 0) is 25.0 Å². The predicted molar refractivity (Wildman–Crippen MR) is 74.1 cm³/mol. The lowest BCUT2D eigenvalue weighted by Gasteiger charge is -2.10. The number of thioether (sulfide) groups is 1. The van der Waals surface area contributed by atoms with E-state index in [1.165, 1.54) is 17.8 Å². The van der Waals surface area contributed by atoms with Crippen LogP contribution < -0.4 is 0 Å². The van der Waals surface area contributed by atoms with E-state index in [4.69, 9.17) is 0 Å². The molecular weight excluding hydrogens is 278 g/mol. The molecule has 0 saturated carbocycles. The van der Waals surface area contributed by atoms with Crippen LogP contribution in [0.5, 0.6) is 0 Å². The minimum atomic E-state index is -0.728. The highest BCUT2D eigenvalue weighted by Crippen LogP contribution is 2.14. The van der Waals surface area contributed by atoms with Gasteiger partial charge < -0.3 is 4.84 Å². The van der Waals surface area contributed by atoms with E-state index in [0.717, 1.165) is 11.3 Å². The molecule has 0 N–H and O–H groups in total. The fraction of sp³-hybridized carbons (Fsp3) is 0.214. The molecule has 1 saturated heterocycles. The number of carbonyl (C=O) groups is 3. The number of carbonyl (C=O) groups excluding carboxylic acids is 3. The molecule has 1 fully saturated rings. The van der Waals surface area contributed by atoms with Crippen molar-refractivity contribution in [2.24, 2.45) is 0 Å². The van der Waals surface area contributed by atoms with Crippen LogP contribution in [0.25, 0.3) is 0 Å². The molecule has 1 aromatic rings. The largest absolute Gasteiger partial charge is 0.357 e. The second kappa shape index (κ2) is 6.91. The van der Waals surface area contributed by atoms with Gasteiger partial charge in [0, 0.05) is 24.7 Å². The highest BCUT2D eigenvalue weighted by molar-refractivity contribution is 8.01. The lowest BCUT2D eigenvalue weighted by molar-refractivity contribution is -0.193. The number of hydroxylamine groups is 2. The van der Waals surface area contributed by atoms with Gasteiger partial charge in [0.05, 0.1) is 0 Å². The maximum absolute atomic E-state index is 11.4. The Morgan fingerprint density at radius 2 is 1.85 bits per heavy atom. The van der Waals surface area contributed by atoms with Crippen LogP contribution in [-0.4, -0.2) is 22.8 Å². The van der Waals surface area contributed by atoms with Crippen molar-refractivity contribution >= 4 is 29.5 Å². The summed E-state index contributed by atoms with van der Waals surface area (Å²) in [6, 6.07) is 9.80. The lowest BCUT2D eigenvalue weighted by atomic mass is 10.2. The first-order valence-electron chi connectivity index (χ1n) is 6.06. The van der Waals surface area contributed by atoms with Crippen molar-refractivity contribution in [1.82, 2.24) is 5.06 Å². The van der Waals surface area contributed by atoms with Gasteiger partial charge in [-0.2, -0.15) is 0 Å². The lowest BCUT2D eigenvalue weighted by Crippen LogP contribution is -2.31. The zero-order valence-electron chi connectivity index (χ0n) is 10.7. The van der Waals surface area contributed by atoms with E-state index in [9.17, 15) is 14.4 Å². The van der Waals surface area contributed by atoms with Crippen LogP contribution in [0, 0.1) is 0 Å². The Hall–Kier alpha value is -2.08. The van der Waals surface area contributed by atoms with Crippen LogP contribution in [0.4, 0.5) is 0 Å². The van der Waals surface area contributed by atoms with E-state index in [1.54, 1.807) is 5.41 Å². The van der Waals surface area contributed by atoms with Crippen LogP contribution in [0.1, 0.15) is 18.4 Å². The molecule has 104 valence electrons. The predicted octanol–water partition coefficient (Wildman–Crippen LogP) is 2.04. The van der Waals surface area contributed by atoms with E-state index in [0.29, 0.717) is 5.06 Å². The second-order valence-corrected chi connectivity index (χ2v) is 4.99. The molecule has 1 heterocycles. The molecule has 2 amide bonds. The smallest absolute Gasteiger partial charge is 0.326 e. The Labute approximate surface area is 120 Å². The summed E-state index contributed by atoms with van der Waals surface area (Å²) in [5.74, 6) is -0.955. The average molecular weight is 291 g/mol. The molecule has 2 rings (SSSR count). The summed E-state index contributed by atoms with van der Waals surface area (Å²) in [5.41, 5.74) is 1.14. The molecule has 0 spiro atoms. The van der Waals surface area contributed by atoms with Gasteiger partial charge in [0.1, 0.15) is 0 Å². The first kappa shape index (κ1) is 14.3. The number of benzene rings is 1. The van der Waals surface area contributed by atoms with Crippen LogP contribution in [0.3, 0.4) is 0 Å². The van der Waals surface area contributed by atoms with Crippen molar-refractivity contribution in [3.8, 4) is 0 Å². The van der Waals surface area contributed by atoms with Gasteiger partial charge in [-0.1, -0.05) is 30.3 Å². The van der Waals surface area contributed by atoms with Crippen molar-refractivity contribution in [3.63, 3.8) is 0 Å². The monoisotopic (exact) mass is 291 g/mol. The second-order valence-electron chi connectivity index (χ2n) is 4.09. The zero-order valence-corrected chi connectivity index (χ0v) is 11.5. The van der Waals surface area contributed by atoms with E-state index >= 15 is 0 Å². The first-order chi connectivity index (χ1) is 9.66. The first-order valence-corrected chi connectivity index (χ1v) is 7.11. The van der Waals surface area contributed by atoms with Gasteiger partial charge in [-0.3, -0.25) is 9.59 Å². The SMILES string of the molecule is O=C(/C=C\SCc1ccccc1)ON1C(=O)CCC1=O. The van der Waals surface area contributed by atoms with E-state index in [-0.39, 0.29) is 12.8 Å². The summed E-state index contributed by atoms with van der Waals surface area (Å²) in [5, 5.41) is 2.12. The van der Waals surface area contributed by atoms with Gasteiger partial charge in [-0.25, -0.2) is 4.79 Å². The Balaban J connectivity index is 1.75. The van der Waals surface area contributed by atoms with Crippen molar-refractivity contribution in [2.45, 2.75) is 18.6 Å². The Morgan fingerprint density at radius 3 is 2.50 bits per heavy atom. The number of hydrogen-bond acceptors (Lipinski definition) is 5. The zero-order chi connectivity index (χ0) is 14.4. The topological polar surface area (TPSA) is 63.7 Å². The molecule has 0 aromatic heterocycles. The van der Waals surface area contributed by atoms with Gasteiger partial charge in [0.25, 0.3) is 11.8 Å². The van der Waals surface area contributed by atoms with Gasteiger partial charge >= 0.3 is 5.97 Å². The molecule has 0 atom stereocenters. The summed E-state index contributed by atoms with van der Waals surface area (Å²) < 4.78 is 0. The van der Waals surface area contributed by atoms with Crippen LogP contribution in [0.2, 0.25) is 0 Å². The molecule has 0 radical (unpaired) electrons. The van der Waals surface area contributed by atoms with Crippen molar-refractivity contribution in [2.75, 3.05) is 0 Å². The van der Waals surface area contributed by atoms with Crippen molar-refractivity contribution in [3.05, 3.63) is 47.4 Å². The molecule has 20 heavy (non-hydrogen) atoms. The van der Waals surface area contributed by atoms with Gasteiger partial charge in [0.15, 0.2) is 0 Å². The van der Waals surface area contributed by atoms with E-state index in [2.05, 4.69) is 4.84 Å². The molecule has 0 bridgehead atoms. The summed E-state index contributed by atoms with van der Waals surface area (Å²) in [4.78, 5) is 38.6. The summed E-state index contributed by atoms with van der Waals surface area (Å²) in [7, 11) is 0. The fourth-order valence-electron chi connectivity index (χ4n) is 1.60.